The SMILES string of the molecule is Cc1ccc(Nc2nc(-c3c(C)sc4ccccc34)cs2)cn1. The fraction of sp³-hybridized carbons (Fsp3) is 0.111. The number of nitrogens with one attached hydrogen (secondary N) is 1. The van der Waals surface area contributed by atoms with Crippen molar-refractivity contribution in [1.82, 2.24) is 9.97 Å². The molecule has 0 fully saturated rings. The number of rotatable bonds is 3. The van der Waals surface area contributed by atoms with E-state index in [1.54, 1.807) is 11.3 Å². The Bertz CT molecular complexity index is 968. The van der Waals surface area contributed by atoms with Gasteiger partial charge in [-0.15, -0.1) is 22.7 Å². The first-order valence-electron chi connectivity index (χ1n) is 7.34. The summed E-state index contributed by atoms with van der Waals surface area (Å²) in [6.07, 6.45) is 1.83. The second kappa shape index (κ2) is 5.76. The molecule has 0 unspecified atom stereocenters. The molecule has 0 saturated carbocycles. The van der Waals surface area contributed by atoms with Crippen molar-refractivity contribution in [3.8, 4) is 11.3 Å². The highest BCUT2D eigenvalue weighted by atomic mass is 32.1. The summed E-state index contributed by atoms with van der Waals surface area (Å²) in [4.78, 5) is 10.4. The lowest BCUT2D eigenvalue weighted by Crippen LogP contribution is -1.91. The normalized spacial score (nSPS) is 11.0. The van der Waals surface area contributed by atoms with Gasteiger partial charge in [0.1, 0.15) is 0 Å². The number of benzene rings is 1. The van der Waals surface area contributed by atoms with E-state index < -0.39 is 0 Å². The topological polar surface area (TPSA) is 37.8 Å². The van der Waals surface area contributed by atoms with Gasteiger partial charge in [0.15, 0.2) is 5.13 Å². The van der Waals surface area contributed by atoms with E-state index in [2.05, 4.69) is 46.9 Å². The molecule has 23 heavy (non-hydrogen) atoms. The van der Waals surface area contributed by atoms with Gasteiger partial charge in [-0.25, -0.2) is 4.98 Å². The Morgan fingerprint density at radius 2 is 1.91 bits per heavy atom. The molecule has 4 aromatic rings. The largest absolute Gasteiger partial charge is 0.330 e. The van der Waals surface area contributed by atoms with E-state index in [9.17, 15) is 0 Å². The number of nitrogens with zero attached hydrogens (tertiary/aromatic N) is 2. The molecular formula is C18H15N3S2. The Morgan fingerprint density at radius 1 is 1.04 bits per heavy atom. The van der Waals surface area contributed by atoms with Crippen LogP contribution in [0.15, 0.2) is 48.0 Å². The van der Waals surface area contributed by atoms with E-state index in [1.165, 1.54) is 20.5 Å². The third kappa shape index (κ3) is 2.73. The lowest BCUT2D eigenvalue weighted by atomic mass is 10.1. The minimum atomic E-state index is 0.889. The second-order valence-corrected chi connectivity index (χ2v) is 7.49. The molecule has 114 valence electrons. The molecule has 3 heterocycles. The van der Waals surface area contributed by atoms with Gasteiger partial charge in [0.2, 0.25) is 0 Å². The van der Waals surface area contributed by atoms with Gasteiger partial charge >= 0.3 is 0 Å². The fourth-order valence-corrected chi connectivity index (χ4v) is 4.39. The van der Waals surface area contributed by atoms with Crippen LogP contribution in [0.25, 0.3) is 21.3 Å². The molecule has 1 aromatic carbocycles. The van der Waals surface area contributed by atoms with Crippen LogP contribution in [-0.4, -0.2) is 9.97 Å². The first-order chi connectivity index (χ1) is 11.2. The van der Waals surface area contributed by atoms with Gasteiger partial charge in [0, 0.05) is 31.6 Å². The van der Waals surface area contributed by atoms with E-state index in [0.29, 0.717) is 0 Å². The molecule has 0 aliphatic heterocycles. The number of fused-ring (bicyclic) bond motifs is 1. The van der Waals surface area contributed by atoms with Crippen molar-refractivity contribution in [1.29, 1.82) is 0 Å². The summed E-state index contributed by atoms with van der Waals surface area (Å²) in [5.74, 6) is 0. The first kappa shape index (κ1) is 14.4. The molecule has 0 radical (unpaired) electrons. The van der Waals surface area contributed by atoms with Gasteiger partial charge in [-0.1, -0.05) is 18.2 Å². The lowest BCUT2D eigenvalue weighted by molar-refractivity contribution is 1.20. The quantitative estimate of drug-likeness (QED) is 0.515. The predicted molar refractivity (Wildman–Crippen MR) is 99.9 cm³/mol. The molecule has 0 atom stereocenters. The zero-order chi connectivity index (χ0) is 15.8. The molecule has 4 rings (SSSR count). The van der Waals surface area contributed by atoms with Crippen LogP contribution in [0.1, 0.15) is 10.6 Å². The number of thiazole rings is 1. The third-order valence-electron chi connectivity index (χ3n) is 3.69. The third-order valence-corrected chi connectivity index (χ3v) is 5.54. The highest BCUT2D eigenvalue weighted by Crippen LogP contribution is 2.39. The van der Waals surface area contributed by atoms with E-state index >= 15 is 0 Å². The van der Waals surface area contributed by atoms with Gasteiger partial charge in [0.25, 0.3) is 0 Å². The molecule has 5 heteroatoms. The Morgan fingerprint density at radius 3 is 2.74 bits per heavy atom. The van der Waals surface area contributed by atoms with Crippen molar-refractivity contribution in [3.05, 3.63) is 58.5 Å². The first-order valence-corrected chi connectivity index (χ1v) is 9.04. The number of aryl methyl sites for hydroxylation is 2. The summed E-state index contributed by atoms with van der Waals surface area (Å²) in [6, 6.07) is 12.5. The van der Waals surface area contributed by atoms with Gasteiger partial charge in [0.05, 0.1) is 17.6 Å². The molecule has 0 spiro atoms. The molecule has 0 amide bonds. The standard InChI is InChI=1S/C18H15N3S2/c1-11-7-8-13(9-19-11)20-18-21-15(10-22-18)17-12(2)23-16-6-4-3-5-14(16)17/h3-10H,1-2H3,(H,20,21). The maximum absolute atomic E-state index is 4.77. The van der Waals surface area contributed by atoms with Gasteiger partial charge in [-0.3, -0.25) is 4.98 Å². The van der Waals surface area contributed by atoms with Crippen molar-refractivity contribution < 1.29 is 0 Å². The molecule has 0 aliphatic carbocycles. The van der Waals surface area contributed by atoms with Crippen LogP contribution in [0.3, 0.4) is 0 Å². The Kier molecular flexibility index (Phi) is 3.59. The number of hydrogen-bond donors (Lipinski definition) is 1. The number of hydrogen-bond acceptors (Lipinski definition) is 5. The monoisotopic (exact) mass is 337 g/mol. The summed E-state index contributed by atoms with van der Waals surface area (Å²) in [5.41, 5.74) is 4.25. The molecule has 0 saturated heterocycles. The van der Waals surface area contributed by atoms with Crippen LogP contribution in [0.4, 0.5) is 10.8 Å². The molecular weight excluding hydrogens is 322 g/mol. The van der Waals surface area contributed by atoms with Crippen LogP contribution in [-0.2, 0) is 0 Å². The zero-order valence-electron chi connectivity index (χ0n) is 12.8. The maximum Gasteiger partial charge on any atom is 0.187 e. The smallest absolute Gasteiger partial charge is 0.187 e. The summed E-state index contributed by atoms with van der Waals surface area (Å²) in [5, 5.41) is 7.62. The number of anilines is 2. The van der Waals surface area contributed by atoms with Gasteiger partial charge < -0.3 is 5.32 Å². The fourth-order valence-electron chi connectivity index (χ4n) is 2.60. The second-order valence-electron chi connectivity index (χ2n) is 5.38. The molecule has 0 bridgehead atoms. The average Bonchev–Trinajstić information content (AvgIpc) is 3.12. The molecule has 0 aliphatic rings. The minimum absolute atomic E-state index is 0.889. The maximum atomic E-state index is 4.77. The Labute approximate surface area is 142 Å². The molecule has 3 nitrogen and oxygen atoms in total. The molecule has 3 aromatic heterocycles. The summed E-state index contributed by atoms with van der Waals surface area (Å²) in [7, 11) is 0. The summed E-state index contributed by atoms with van der Waals surface area (Å²) >= 11 is 3.44. The lowest BCUT2D eigenvalue weighted by Gasteiger charge is -2.02. The number of aromatic nitrogens is 2. The van der Waals surface area contributed by atoms with Crippen molar-refractivity contribution in [3.63, 3.8) is 0 Å². The van der Waals surface area contributed by atoms with Crippen LogP contribution in [0.2, 0.25) is 0 Å². The van der Waals surface area contributed by atoms with E-state index in [0.717, 1.165) is 22.2 Å². The molecule has 1 N–H and O–H groups in total. The van der Waals surface area contributed by atoms with E-state index in [-0.39, 0.29) is 0 Å². The Hall–Kier alpha value is -2.24. The number of pyridine rings is 1. The zero-order valence-corrected chi connectivity index (χ0v) is 14.5. The summed E-state index contributed by atoms with van der Waals surface area (Å²) < 4.78 is 1.31. The summed E-state index contributed by atoms with van der Waals surface area (Å²) in [6.45, 7) is 4.14. The van der Waals surface area contributed by atoms with Crippen molar-refractivity contribution in [2.24, 2.45) is 0 Å². The van der Waals surface area contributed by atoms with Gasteiger partial charge in [-0.05, 0) is 32.0 Å². The van der Waals surface area contributed by atoms with Crippen molar-refractivity contribution in [2.45, 2.75) is 13.8 Å². The van der Waals surface area contributed by atoms with Crippen LogP contribution in [0.5, 0.6) is 0 Å². The number of thiophene rings is 1. The average molecular weight is 337 g/mol. The van der Waals surface area contributed by atoms with Crippen LogP contribution in [0, 0.1) is 13.8 Å². The highest BCUT2D eigenvalue weighted by molar-refractivity contribution is 7.19. The van der Waals surface area contributed by atoms with E-state index in [4.69, 9.17) is 4.98 Å². The highest BCUT2D eigenvalue weighted by Gasteiger charge is 2.14. The van der Waals surface area contributed by atoms with Crippen LogP contribution >= 0.6 is 22.7 Å². The Balaban J connectivity index is 1.69. The predicted octanol–water partition coefficient (Wildman–Crippen LogP) is 5.78. The van der Waals surface area contributed by atoms with Crippen molar-refractivity contribution in [2.75, 3.05) is 5.32 Å². The minimum Gasteiger partial charge on any atom is -0.330 e. The van der Waals surface area contributed by atoms with E-state index in [1.807, 2.05) is 36.6 Å². The van der Waals surface area contributed by atoms with Crippen LogP contribution < -0.4 is 5.32 Å². The van der Waals surface area contributed by atoms with Crippen molar-refractivity contribution >= 4 is 43.6 Å². The van der Waals surface area contributed by atoms with Gasteiger partial charge in [-0.2, -0.15) is 0 Å².